The van der Waals surface area contributed by atoms with Crippen molar-refractivity contribution in [3.63, 3.8) is 0 Å². The van der Waals surface area contributed by atoms with Gasteiger partial charge >= 0.3 is 0 Å². The minimum absolute atomic E-state index is 0.175. The first-order valence-electron chi connectivity index (χ1n) is 7.85. The van der Waals surface area contributed by atoms with Crippen LogP contribution < -0.4 is 0 Å². The van der Waals surface area contributed by atoms with Crippen LogP contribution in [0.25, 0.3) is 0 Å². The van der Waals surface area contributed by atoms with Gasteiger partial charge in [0.1, 0.15) is 17.7 Å². The van der Waals surface area contributed by atoms with Gasteiger partial charge in [-0.25, -0.2) is 8.78 Å². The average molecular weight is 297 g/mol. The van der Waals surface area contributed by atoms with Gasteiger partial charge in [0.05, 0.1) is 11.1 Å². The molecule has 1 atom stereocenters. The summed E-state index contributed by atoms with van der Waals surface area (Å²) in [6, 6.07) is 2.66. The molecular formula is C17H25F2NO. The van der Waals surface area contributed by atoms with Gasteiger partial charge in [-0.15, -0.1) is 0 Å². The summed E-state index contributed by atoms with van der Waals surface area (Å²) < 4.78 is 28.5. The van der Waals surface area contributed by atoms with Crippen LogP contribution in [-0.2, 0) is 0 Å². The summed E-state index contributed by atoms with van der Waals surface area (Å²) in [4.78, 5) is 2.21. The van der Waals surface area contributed by atoms with Crippen LogP contribution in [0.4, 0.5) is 8.78 Å². The van der Waals surface area contributed by atoms with E-state index in [0.29, 0.717) is 18.4 Å². The van der Waals surface area contributed by atoms with Gasteiger partial charge < -0.3 is 5.11 Å². The monoisotopic (exact) mass is 297 g/mol. The molecule has 1 aliphatic rings. The van der Waals surface area contributed by atoms with Crippen LogP contribution in [0.15, 0.2) is 12.1 Å². The highest BCUT2D eigenvalue weighted by Crippen LogP contribution is 2.41. The van der Waals surface area contributed by atoms with Crippen molar-refractivity contribution in [1.29, 1.82) is 0 Å². The first-order chi connectivity index (χ1) is 9.97. The topological polar surface area (TPSA) is 23.5 Å². The number of likely N-dealkylation sites (tertiary alicyclic amines) is 1. The largest absolute Gasteiger partial charge is 0.386 e. The number of rotatable bonds is 5. The number of benzene rings is 1. The number of aliphatic hydroxyl groups excluding tert-OH is 1. The predicted molar refractivity (Wildman–Crippen MR) is 80.2 cm³/mol. The number of halogens is 2. The van der Waals surface area contributed by atoms with E-state index < -0.39 is 23.3 Å². The minimum atomic E-state index is -1.15. The van der Waals surface area contributed by atoms with Gasteiger partial charge in [-0.3, -0.25) is 4.90 Å². The number of hydrogen-bond acceptors (Lipinski definition) is 2. The molecule has 1 saturated heterocycles. The van der Waals surface area contributed by atoms with Crippen LogP contribution >= 0.6 is 0 Å². The SMILES string of the molecule is CCC(CC)(C(O)c1c(F)ccc(C)c1F)N1CCCC1. The fourth-order valence-electron chi connectivity index (χ4n) is 3.62. The van der Waals surface area contributed by atoms with Crippen molar-refractivity contribution >= 4 is 0 Å². The lowest BCUT2D eigenvalue weighted by molar-refractivity contribution is -0.0330. The summed E-state index contributed by atoms with van der Waals surface area (Å²) in [6.45, 7) is 7.33. The molecule has 1 N–H and O–H groups in total. The molecule has 1 fully saturated rings. The quantitative estimate of drug-likeness (QED) is 0.889. The van der Waals surface area contributed by atoms with Crippen molar-refractivity contribution in [3.8, 4) is 0 Å². The Kier molecular flexibility index (Phi) is 4.99. The Morgan fingerprint density at radius 3 is 2.29 bits per heavy atom. The molecule has 1 heterocycles. The van der Waals surface area contributed by atoms with Crippen molar-refractivity contribution < 1.29 is 13.9 Å². The van der Waals surface area contributed by atoms with E-state index in [1.807, 2.05) is 13.8 Å². The molecule has 0 spiro atoms. The van der Waals surface area contributed by atoms with Gasteiger partial charge in [0, 0.05) is 0 Å². The molecule has 4 heteroatoms. The molecule has 0 aromatic heterocycles. The summed E-state index contributed by atoms with van der Waals surface area (Å²) in [5.41, 5.74) is -0.398. The molecular weight excluding hydrogens is 272 g/mol. The van der Waals surface area contributed by atoms with E-state index in [2.05, 4.69) is 4.90 Å². The second-order valence-electron chi connectivity index (χ2n) is 6.00. The molecule has 1 unspecified atom stereocenters. The van der Waals surface area contributed by atoms with Crippen LogP contribution in [-0.4, -0.2) is 28.6 Å². The molecule has 118 valence electrons. The van der Waals surface area contributed by atoms with Crippen molar-refractivity contribution in [3.05, 3.63) is 34.9 Å². The third-order valence-corrected chi connectivity index (χ3v) is 5.06. The Morgan fingerprint density at radius 2 is 1.76 bits per heavy atom. The smallest absolute Gasteiger partial charge is 0.134 e. The Labute approximate surface area is 125 Å². The summed E-state index contributed by atoms with van der Waals surface area (Å²) in [7, 11) is 0. The van der Waals surface area contributed by atoms with E-state index in [1.54, 1.807) is 6.92 Å². The van der Waals surface area contributed by atoms with E-state index in [9.17, 15) is 13.9 Å². The maximum Gasteiger partial charge on any atom is 0.134 e. The van der Waals surface area contributed by atoms with Crippen LogP contribution in [0.1, 0.15) is 56.8 Å². The summed E-state index contributed by atoms with van der Waals surface area (Å²) in [6.07, 6.45) is 2.33. The van der Waals surface area contributed by atoms with Crippen molar-refractivity contribution in [2.45, 2.75) is 58.1 Å². The molecule has 0 aliphatic carbocycles. The highest BCUT2D eigenvalue weighted by molar-refractivity contribution is 5.30. The van der Waals surface area contributed by atoms with Gasteiger partial charge in [-0.1, -0.05) is 19.9 Å². The second-order valence-corrected chi connectivity index (χ2v) is 6.00. The number of nitrogens with zero attached hydrogens (tertiary/aromatic N) is 1. The van der Waals surface area contributed by atoms with Gasteiger partial charge in [-0.2, -0.15) is 0 Å². The molecule has 0 radical (unpaired) electrons. The van der Waals surface area contributed by atoms with E-state index in [-0.39, 0.29) is 5.56 Å². The van der Waals surface area contributed by atoms with E-state index >= 15 is 0 Å². The molecule has 0 saturated carbocycles. The summed E-state index contributed by atoms with van der Waals surface area (Å²) >= 11 is 0. The molecule has 1 aromatic carbocycles. The van der Waals surface area contributed by atoms with Crippen LogP contribution in [0.5, 0.6) is 0 Å². The highest BCUT2D eigenvalue weighted by Gasteiger charge is 2.44. The highest BCUT2D eigenvalue weighted by atomic mass is 19.1. The van der Waals surface area contributed by atoms with E-state index in [4.69, 9.17) is 0 Å². The number of aliphatic hydroxyl groups is 1. The molecule has 21 heavy (non-hydrogen) atoms. The second kappa shape index (κ2) is 6.41. The molecule has 2 rings (SSSR count). The summed E-state index contributed by atoms with van der Waals surface area (Å²) in [5.74, 6) is -1.27. The van der Waals surface area contributed by atoms with Crippen LogP contribution in [0.2, 0.25) is 0 Å². The normalized spacial score (nSPS) is 18.2. The Bertz CT molecular complexity index is 494. The van der Waals surface area contributed by atoms with Crippen LogP contribution in [0.3, 0.4) is 0 Å². The standard InChI is InChI=1S/C17H25F2NO/c1-4-17(5-2,20-10-6-7-11-20)16(21)14-13(18)9-8-12(3)15(14)19/h8-9,16,21H,4-7,10-11H2,1-3H3. The zero-order valence-corrected chi connectivity index (χ0v) is 13.1. The average Bonchev–Trinajstić information content (AvgIpc) is 3.00. The van der Waals surface area contributed by atoms with Gasteiger partial charge in [-0.05, 0) is 57.3 Å². The first kappa shape index (κ1) is 16.4. The van der Waals surface area contributed by atoms with Crippen molar-refractivity contribution in [1.82, 2.24) is 4.90 Å². The molecule has 0 bridgehead atoms. The Morgan fingerprint density at radius 1 is 1.19 bits per heavy atom. The minimum Gasteiger partial charge on any atom is -0.386 e. The molecule has 1 aliphatic heterocycles. The number of aryl methyl sites for hydroxylation is 1. The fourth-order valence-corrected chi connectivity index (χ4v) is 3.62. The van der Waals surface area contributed by atoms with Gasteiger partial charge in [0.25, 0.3) is 0 Å². The van der Waals surface area contributed by atoms with Crippen molar-refractivity contribution in [2.75, 3.05) is 13.1 Å². The maximum atomic E-state index is 14.4. The number of hydrogen-bond donors (Lipinski definition) is 1. The van der Waals surface area contributed by atoms with E-state index in [0.717, 1.165) is 25.9 Å². The fraction of sp³-hybridized carbons (Fsp3) is 0.647. The molecule has 0 amide bonds. The summed E-state index contributed by atoms with van der Waals surface area (Å²) in [5, 5.41) is 10.9. The van der Waals surface area contributed by atoms with Gasteiger partial charge in [0.2, 0.25) is 0 Å². The zero-order chi connectivity index (χ0) is 15.6. The lowest BCUT2D eigenvalue weighted by Crippen LogP contribution is -2.51. The van der Waals surface area contributed by atoms with Gasteiger partial charge in [0.15, 0.2) is 0 Å². The third kappa shape index (κ3) is 2.71. The Balaban J connectivity index is 2.48. The maximum absolute atomic E-state index is 14.4. The van der Waals surface area contributed by atoms with Crippen molar-refractivity contribution in [2.24, 2.45) is 0 Å². The van der Waals surface area contributed by atoms with Crippen LogP contribution in [0, 0.1) is 18.6 Å². The molecule has 1 aromatic rings. The predicted octanol–water partition coefficient (Wildman–Crippen LogP) is 3.96. The lowest BCUT2D eigenvalue weighted by Gasteiger charge is -2.44. The molecule has 2 nitrogen and oxygen atoms in total. The van der Waals surface area contributed by atoms with E-state index in [1.165, 1.54) is 12.1 Å². The Hall–Kier alpha value is -1.00. The first-order valence-corrected chi connectivity index (χ1v) is 7.85. The third-order valence-electron chi connectivity index (χ3n) is 5.06. The lowest BCUT2D eigenvalue weighted by atomic mass is 9.80. The zero-order valence-electron chi connectivity index (χ0n) is 13.1.